The van der Waals surface area contributed by atoms with E-state index in [4.69, 9.17) is 9.05 Å². The molecule has 3 heterocycles. The van der Waals surface area contributed by atoms with Gasteiger partial charge in [-0.1, -0.05) is 34.1 Å². The lowest BCUT2D eigenvalue weighted by molar-refractivity contribution is 0.0695. The molecular weight excluding hydrogens is 346 g/mol. The fourth-order valence-corrected chi connectivity index (χ4v) is 2.79. The van der Waals surface area contributed by atoms with Gasteiger partial charge in [-0.05, 0) is 32.0 Å². The van der Waals surface area contributed by atoms with Gasteiger partial charge in [0.15, 0.2) is 0 Å². The van der Waals surface area contributed by atoms with Gasteiger partial charge in [0.1, 0.15) is 6.54 Å². The number of rotatable bonds is 5. The summed E-state index contributed by atoms with van der Waals surface area (Å²) in [5.74, 6) is 0.692. The van der Waals surface area contributed by atoms with Gasteiger partial charge in [0, 0.05) is 18.3 Å². The molecule has 0 fully saturated rings. The molecular formula is C19H17N5O3. The van der Waals surface area contributed by atoms with Crippen molar-refractivity contribution in [1.29, 1.82) is 0 Å². The van der Waals surface area contributed by atoms with Gasteiger partial charge in [-0.2, -0.15) is 4.98 Å². The summed E-state index contributed by atoms with van der Waals surface area (Å²) < 4.78 is 10.5. The summed E-state index contributed by atoms with van der Waals surface area (Å²) in [6.07, 6.45) is 1.60. The highest BCUT2D eigenvalue weighted by molar-refractivity contribution is 6.02. The normalized spacial score (nSPS) is 11.0. The van der Waals surface area contributed by atoms with Gasteiger partial charge in [-0.25, -0.2) is 4.98 Å². The average molecular weight is 363 g/mol. The molecule has 0 aliphatic heterocycles. The van der Waals surface area contributed by atoms with Gasteiger partial charge in [0.2, 0.25) is 23.1 Å². The van der Waals surface area contributed by atoms with Gasteiger partial charge in [0.05, 0.1) is 5.39 Å². The molecule has 0 saturated heterocycles. The van der Waals surface area contributed by atoms with E-state index in [2.05, 4.69) is 20.3 Å². The lowest BCUT2D eigenvalue weighted by atomic mass is 10.1. The summed E-state index contributed by atoms with van der Waals surface area (Å²) in [7, 11) is 0. The van der Waals surface area contributed by atoms with E-state index in [9.17, 15) is 4.79 Å². The predicted octanol–water partition coefficient (Wildman–Crippen LogP) is 3.24. The van der Waals surface area contributed by atoms with Gasteiger partial charge in [0.25, 0.3) is 5.91 Å². The number of benzene rings is 1. The van der Waals surface area contributed by atoms with Gasteiger partial charge >= 0.3 is 0 Å². The minimum atomic E-state index is -0.302. The second-order valence-electron chi connectivity index (χ2n) is 6.09. The van der Waals surface area contributed by atoms with Gasteiger partial charge in [-0.15, -0.1) is 0 Å². The third kappa shape index (κ3) is 3.29. The van der Waals surface area contributed by atoms with E-state index in [-0.39, 0.29) is 18.2 Å². The van der Waals surface area contributed by atoms with Gasteiger partial charge in [-0.3, -0.25) is 4.79 Å². The molecule has 0 spiro atoms. The lowest BCUT2D eigenvalue weighted by Gasteiger charge is -2.16. The van der Waals surface area contributed by atoms with Crippen molar-refractivity contribution in [2.75, 3.05) is 6.54 Å². The van der Waals surface area contributed by atoms with E-state index < -0.39 is 0 Å². The number of hydrogen-bond donors (Lipinski definition) is 0. The number of carbonyl (C=O) groups excluding carboxylic acids is 1. The molecule has 0 saturated carbocycles. The second kappa shape index (κ2) is 6.99. The van der Waals surface area contributed by atoms with Crippen molar-refractivity contribution in [1.82, 2.24) is 25.2 Å². The number of hydrogen-bond acceptors (Lipinski definition) is 7. The Kier molecular flexibility index (Phi) is 4.37. The van der Waals surface area contributed by atoms with Crippen LogP contribution in [0.15, 0.2) is 51.6 Å². The van der Waals surface area contributed by atoms with Crippen molar-refractivity contribution in [3.8, 4) is 11.4 Å². The molecule has 0 N–H and O–H groups in total. The minimum Gasteiger partial charge on any atom is -0.348 e. The zero-order valence-electron chi connectivity index (χ0n) is 14.9. The Bertz CT molecular complexity index is 1100. The van der Waals surface area contributed by atoms with Crippen LogP contribution in [-0.4, -0.2) is 37.6 Å². The fourth-order valence-electron chi connectivity index (χ4n) is 2.79. The van der Waals surface area contributed by atoms with E-state index >= 15 is 0 Å². The van der Waals surface area contributed by atoms with Crippen LogP contribution in [0.25, 0.3) is 22.4 Å². The van der Waals surface area contributed by atoms with E-state index in [1.54, 1.807) is 23.2 Å². The van der Waals surface area contributed by atoms with Crippen LogP contribution in [0.2, 0.25) is 0 Å². The summed E-state index contributed by atoms with van der Waals surface area (Å²) in [6, 6.07) is 11.3. The van der Waals surface area contributed by atoms with Crippen LogP contribution in [-0.2, 0) is 6.54 Å². The third-order valence-electron chi connectivity index (χ3n) is 4.19. The van der Waals surface area contributed by atoms with Crippen LogP contribution in [0, 0.1) is 6.92 Å². The molecule has 8 nitrogen and oxygen atoms in total. The number of nitrogens with zero attached hydrogens (tertiary/aromatic N) is 5. The zero-order chi connectivity index (χ0) is 18.8. The maximum atomic E-state index is 12.9. The van der Waals surface area contributed by atoms with Crippen molar-refractivity contribution in [3.05, 3.63) is 59.8 Å². The molecule has 1 aromatic carbocycles. The number of carbonyl (C=O) groups is 1. The smallest absolute Gasteiger partial charge is 0.293 e. The predicted molar refractivity (Wildman–Crippen MR) is 96.7 cm³/mol. The molecule has 3 aromatic heterocycles. The van der Waals surface area contributed by atoms with E-state index in [1.807, 2.05) is 38.1 Å². The Morgan fingerprint density at radius 2 is 2.04 bits per heavy atom. The lowest BCUT2D eigenvalue weighted by Crippen LogP contribution is -2.30. The van der Waals surface area contributed by atoms with Crippen LogP contribution in [0.1, 0.15) is 28.9 Å². The zero-order valence-corrected chi connectivity index (χ0v) is 14.9. The maximum absolute atomic E-state index is 12.9. The third-order valence-corrected chi connectivity index (χ3v) is 4.19. The molecule has 1 amide bonds. The summed E-state index contributed by atoms with van der Waals surface area (Å²) in [6.45, 7) is 4.49. The van der Waals surface area contributed by atoms with Crippen molar-refractivity contribution in [3.63, 3.8) is 0 Å². The fraction of sp³-hybridized carbons (Fsp3) is 0.211. The molecule has 27 heavy (non-hydrogen) atoms. The highest BCUT2D eigenvalue weighted by Crippen LogP contribution is 2.20. The van der Waals surface area contributed by atoms with E-state index in [0.717, 1.165) is 11.1 Å². The largest absolute Gasteiger partial charge is 0.348 e. The number of aromatic nitrogens is 4. The highest BCUT2D eigenvalue weighted by atomic mass is 16.5. The molecule has 0 atom stereocenters. The Labute approximate surface area is 154 Å². The van der Waals surface area contributed by atoms with Crippen LogP contribution >= 0.6 is 0 Å². The van der Waals surface area contributed by atoms with Crippen LogP contribution in [0.3, 0.4) is 0 Å². The SMILES string of the molecule is CCN(Cc1nc(-c2cccc(C)c2)no1)C(=O)c1onc2ncccc12. The Morgan fingerprint density at radius 1 is 1.15 bits per heavy atom. The van der Waals surface area contributed by atoms with Crippen molar-refractivity contribution in [2.45, 2.75) is 20.4 Å². The number of aryl methyl sites for hydroxylation is 1. The Morgan fingerprint density at radius 3 is 2.85 bits per heavy atom. The molecule has 0 unspecified atom stereocenters. The first-order valence-corrected chi connectivity index (χ1v) is 8.55. The standard InChI is InChI=1S/C19H17N5O3/c1-3-24(19(25)16-14-8-5-9-20-18(14)23-27-16)11-15-21-17(22-26-15)13-7-4-6-12(2)10-13/h4-10H,3,11H2,1-2H3. The molecule has 4 rings (SSSR count). The molecule has 0 aliphatic rings. The molecule has 4 aromatic rings. The summed E-state index contributed by atoms with van der Waals surface area (Å²) >= 11 is 0. The monoisotopic (exact) mass is 363 g/mol. The summed E-state index contributed by atoms with van der Waals surface area (Å²) in [5.41, 5.74) is 2.37. The first kappa shape index (κ1) is 16.9. The number of amides is 1. The molecule has 0 bridgehead atoms. The van der Waals surface area contributed by atoms with Crippen LogP contribution in [0.5, 0.6) is 0 Å². The Balaban J connectivity index is 1.56. The first-order valence-electron chi connectivity index (χ1n) is 8.55. The molecule has 0 aliphatic carbocycles. The van der Waals surface area contributed by atoms with Crippen LogP contribution in [0.4, 0.5) is 0 Å². The van der Waals surface area contributed by atoms with Gasteiger partial charge < -0.3 is 13.9 Å². The summed E-state index contributed by atoms with van der Waals surface area (Å²) in [4.78, 5) is 22.9. The summed E-state index contributed by atoms with van der Waals surface area (Å²) in [5, 5.41) is 8.42. The van der Waals surface area contributed by atoms with Crippen molar-refractivity contribution < 1.29 is 13.8 Å². The average Bonchev–Trinajstić information content (AvgIpc) is 3.32. The second-order valence-corrected chi connectivity index (χ2v) is 6.09. The van der Waals surface area contributed by atoms with Crippen molar-refractivity contribution >= 4 is 16.9 Å². The topological polar surface area (TPSA) is 98.2 Å². The van der Waals surface area contributed by atoms with E-state index in [1.165, 1.54) is 0 Å². The number of fused-ring (bicyclic) bond motifs is 1. The highest BCUT2D eigenvalue weighted by Gasteiger charge is 2.24. The first-order chi connectivity index (χ1) is 13.2. The molecule has 0 radical (unpaired) electrons. The van der Waals surface area contributed by atoms with Crippen molar-refractivity contribution in [2.24, 2.45) is 0 Å². The number of pyridine rings is 1. The maximum Gasteiger partial charge on any atom is 0.293 e. The molecule has 136 valence electrons. The van der Waals surface area contributed by atoms with Crippen LogP contribution < -0.4 is 0 Å². The Hall–Kier alpha value is -3.55. The quantitative estimate of drug-likeness (QED) is 0.537. The van der Waals surface area contributed by atoms with E-state index in [0.29, 0.717) is 29.3 Å². The minimum absolute atomic E-state index is 0.151. The molecule has 8 heteroatoms.